The average molecular weight is 322 g/mol. The summed E-state index contributed by atoms with van der Waals surface area (Å²) in [5.41, 5.74) is 7.89. The molecule has 0 aliphatic carbocycles. The third kappa shape index (κ3) is 3.77. The van der Waals surface area contributed by atoms with Gasteiger partial charge >= 0.3 is 0 Å². The van der Waals surface area contributed by atoms with Gasteiger partial charge in [-0.1, -0.05) is 34.1 Å². The Balaban J connectivity index is 1.99. The zero-order valence-electron chi connectivity index (χ0n) is 9.97. The lowest BCUT2D eigenvalue weighted by atomic mass is 10.2. The predicted molar refractivity (Wildman–Crippen MR) is 77.7 cm³/mol. The summed E-state index contributed by atoms with van der Waals surface area (Å²) in [6.07, 6.45) is 0. The molecule has 0 spiro atoms. The molecule has 0 heterocycles. The molecule has 0 radical (unpaired) electrons. The molecule has 0 saturated carbocycles. The lowest BCUT2D eigenvalue weighted by Crippen LogP contribution is -2.21. The summed E-state index contributed by atoms with van der Waals surface area (Å²) in [4.78, 5) is 10.3. The molecule has 0 aliphatic rings. The van der Waals surface area contributed by atoms with Gasteiger partial charge in [0, 0.05) is 28.8 Å². The quantitative estimate of drug-likeness (QED) is 0.653. The first kappa shape index (κ1) is 13.5. The van der Waals surface area contributed by atoms with Crippen LogP contribution in [0.15, 0.2) is 53.0 Å². The van der Waals surface area contributed by atoms with Crippen LogP contribution in [0.1, 0.15) is 5.56 Å². The minimum atomic E-state index is -0.402. The number of nitrogens with one attached hydrogen (secondary N) is 2. The van der Waals surface area contributed by atoms with Crippen LogP contribution in [0, 0.1) is 10.1 Å². The summed E-state index contributed by atoms with van der Waals surface area (Å²) >= 11 is 3.38. The lowest BCUT2D eigenvalue weighted by molar-refractivity contribution is -0.384. The maximum Gasteiger partial charge on any atom is 0.269 e. The van der Waals surface area contributed by atoms with Gasteiger partial charge in [0.05, 0.1) is 4.92 Å². The van der Waals surface area contributed by atoms with E-state index in [2.05, 4.69) is 26.8 Å². The zero-order chi connectivity index (χ0) is 13.7. The molecule has 2 aromatic carbocycles. The van der Waals surface area contributed by atoms with E-state index in [9.17, 15) is 10.1 Å². The molecule has 0 fully saturated rings. The molecular formula is C13H12BrN3O2. The van der Waals surface area contributed by atoms with Crippen LogP contribution < -0.4 is 10.9 Å². The Morgan fingerprint density at radius 2 is 1.89 bits per heavy atom. The van der Waals surface area contributed by atoms with Gasteiger partial charge < -0.3 is 5.43 Å². The van der Waals surface area contributed by atoms with E-state index in [1.165, 1.54) is 6.07 Å². The van der Waals surface area contributed by atoms with Gasteiger partial charge in [0.2, 0.25) is 0 Å². The highest BCUT2D eigenvalue weighted by atomic mass is 79.9. The SMILES string of the molecule is O=[N+]([O-])c1ccc(Br)c(CNNc2ccccc2)c1. The molecule has 19 heavy (non-hydrogen) atoms. The average Bonchev–Trinajstić information content (AvgIpc) is 2.42. The topological polar surface area (TPSA) is 67.2 Å². The summed E-state index contributed by atoms with van der Waals surface area (Å²) in [6, 6.07) is 14.3. The molecule has 2 aromatic rings. The fourth-order valence-corrected chi connectivity index (χ4v) is 1.96. The number of nitrogens with zero attached hydrogens (tertiary/aromatic N) is 1. The molecule has 6 heteroatoms. The Hall–Kier alpha value is -1.92. The van der Waals surface area contributed by atoms with E-state index in [1.807, 2.05) is 30.3 Å². The van der Waals surface area contributed by atoms with Crippen molar-refractivity contribution in [2.45, 2.75) is 6.54 Å². The van der Waals surface area contributed by atoms with Crippen molar-refractivity contribution in [2.75, 3.05) is 5.43 Å². The highest BCUT2D eigenvalue weighted by Gasteiger charge is 2.08. The molecule has 2 N–H and O–H groups in total. The van der Waals surface area contributed by atoms with Crippen LogP contribution in [-0.4, -0.2) is 4.92 Å². The number of nitro benzene ring substituents is 1. The van der Waals surface area contributed by atoms with Gasteiger partial charge in [0.1, 0.15) is 0 Å². The first-order chi connectivity index (χ1) is 9.16. The maximum absolute atomic E-state index is 10.7. The van der Waals surface area contributed by atoms with Gasteiger partial charge in [0.25, 0.3) is 5.69 Å². The molecule has 2 rings (SSSR count). The van der Waals surface area contributed by atoms with Crippen molar-refractivity contribution in [1.82, 2.24) is 5.43 Å². The van der Waals surface area contributed by atoms with Crippen LogP contribution in [0.2, 0.25) is 0 Å². The number of hydrogen-bond acceptors (Lipinski definition) is 4. The molecule has 0 bridgehead atoms. The van der Waals surface area contributed by atoms with Crippen molar-refractivity contribution in [3.8, 4) is 0 Å². The summed E-state index contributed by atoms with van der Waals surface area (Å²) in [5, 5.41) is 10.7. The Bertz CT molecular complexity index is 575. The van der Waals surface area contributed by atoms with E-state index in [4.69, 9.17) is 0 Å². The number of hydrazine groups is 1. The van der Waals surface area contributed by atoms with Crippen molar-refractivity contribution in [1.29, 1.82) is 0 Å². The van der Waals surface area contributed by atoms with Crippen LogP contribution in [0.3, 0.4) is 0 Å². The van der Waals surface area contributed by atoms with E-state index >= 15 is 0 Å². The summed E-state index contributed by atoms with van der Waals surface area (Å²) in [6.45, 7) is 0.469. The summed E-state index contributed by atoms with van der Waals surface area (Å²) < 4.78 is 0.834. The van der Waals surface area contributed by atoms with Gasteiger partial charge in [-0.05, 0) is 23.8 Å². The lowest BCUT2D eigenvalue weighted by Gasteiger charge is -2.09. The fraction of sp³-hybridized carbons (Fsp3) is 0.0769. The number of rotatable bonds is 5. The summed E-state index contributed by atoms with van der Waals surface area (Å²) in [5.74, 6) is 0. The van der Waals surface area contributed by atoms with Gasteiger partial charge in [-0.25, -0.2) is 5.43 Å². The number of hydrogen-bond donors (Lipinski definition) is 2. The van der Waals surface area contributed by atoms with Gasteiger partial charge in [-0.3, -0.25) is 10.1 Å². The van der Waals surface area contributed by atoms with Crippen molar-refractivity contribution in [3.05, 3.63) is 68.7 Å². The number of halogens is 1. The third-order valence-electron chi connectivity index (χ3n) is 2.53. The van der Waals surface area contributed by atoms with Crippen LogP contribution in [0.25, 0.3) is 0 Å². The molecule has 0 atom stereocenters. The van der Waals surface area contributed by atoms with Gasteiger partial charge in [0.15, 0.2) is 0 Å². The monoisotopic (exact) mass is 321 g/mol. The molecular weight excluding hydrogens is 310 g/mol. The largest absolute Gasteiger partial charge is 0.321 e. The van der Waals surface area contributed by atoms with Crippen LogP contribution >= 0.6 is 15.9 Å². The van der Waals surface area contributed by atoms with Gasteiger partial charge in [-0.15, -0.1) is 0 Å². The maximum atomic E-state index is 10.7. The predicted octanol–water partition coefficient (Wildman–Crippen LogP) is 3.47. The van der Waals surface area contributed by atoms with Crippen molar-refractivity contribution >= 4 is 27.3 Å². The third-order valence-corrected chi connectivity index (χ3v) is 3.30. The number of benzene rings is 2. The van der Waals surface area contributed by atoms with Crippen LogP contribution in [-0.2, 0) is 6.54 Å². The Kier molecular flexibility index (Phi) is 4.48. The molecule has 0 saturated heterocycles. The first-order valence-corrected chi connectivity index (χ1v) is 6.43. The Morgan fingerprint density at radius 3 is 2.58 bits per heavy atom. The number of anilines is 1. The highest BCUT2D eigenvalue weighted by Crippen LogP contribution is 2.22. The summed E-state index contributed by atoms with van der Waals surface area (Å²) in [7, 11) is 0. The molecule has 98 valence electrons. The molecule has 5 nitrogen and oxygen atoms in total. The molecule has 0 aliphatic heterocycles. The van der Waals surface area contributed by atoms with E-state index in [1.54, 1.807) is 12.1 Å². The van der Waals surface area contributed by atoms with E-state index in [-0.39, 0.29) is 5.69 Å². The van der Waals surface area contributed by atoms with Crippen molar-refractivity contribution in [3.63, 3.8) is 0 Å². The second kappa shape index (κ2) is 6.31. The fourth-order valence-electron chi connectivity index (χ4n) is 1.57. The van der Waals surface area contributed by atoms with Crippen LogP contribution in [0.5, 0.6) is 0 Å². The smallest absolute Gasteiger partial charge is 0.269 e. The minimum absolute atomic E-state index is 0.0831. The molecule has 0 unspecified atom stereocenters. The zero-order valence-corrected chi connectivity index (χ0v) is 11.6. The standard InChI is InChI=1S/C13H12BrN3O2/c14-13-7-6-12(17(18)19)8-10(13)9-15-16-11-4-2-1-3-5-11/h1-8,15-16H,9H2. The Morgan fingerprint density at radius 1 is 1.16 bits per heavy atom. The second-order valence-corrected chi connectivity index (χ2v) is 4.73. The number of non-ortho nitro benzene ring substituents is 1. The normalized spacial score (nSPS) is 10.2. The van der Waals surface area contributed by atoms with E-state index in [0.29, 0.717) is 6.54 Å². The van der Waals surface area contributed by atoms with E-state index < -0.39 is 4.92 Å². The highest BCUT2D eigenvalue weighted by molar-refractivity contribution is 9.10. The van der Waals surface area contributed by atoms with Gasteiger partial charge in [-0.2, -0.15) is 0 Å². The van der Waals surface area contributed by atoms with Crippen LogP contribution in [0.4, 0.5) is 11.4 Å². The molecule has 0 amide bonds. The molecule has 0 aromatic heterocycles. The van der Waals surface area contributed by atoms with E-state index in [0.717, 1.165) is 15.7 Å². The number of nitro groups is 1. The second-order valence-electron chi connectivity index (χ2n) is 3.88. The number of para-hydroxylation sites is 1. The Labute approximate surface area is 118 Å². The first-order valence-electron chi connectivity index (χ1n) is 5.63. The van der Waals surface area contributed by atoms with Crippen molar-refractivity contribution in [2.24, 2.45) is 0 Å². The minimum Gasteiger partial charge on any atom is -0.321 e. The van der Waals surface area contributed by atoms with Crippen molar-refractivity contribution < 1.29 is 4.92 Å².